The van der Waals surface area contributed by atoms with E-state index < -0.39 is 0 Å². The highest BCUT2D eigenvalue weighted by Gasteiger charge is 2.01. The molecule has 78 valence electrons. The third kappa shape index (κ3) is 1.94. The first-order valence-electron chi connectivity index (χ1n) is 5.29. The fourth-order valence-electron chi connectivity index (χ4n) is 1.67. The Morgan fingerprint density at radius 1 is 1.13 bits per heavy atom. The van der Waals surface area contributed by atoms with Crippen LogP contribution < -0.4 is 0 Å². The van der Waals surface area contributed by atoms with Crippen LogP contribution in [0.5, 0.6) is 0 Å². The summed E-state index contributed by atoms with van der Waals surface area (Å²) in [4.78, 5) is 4.21. The predicted octanol–water partition coefficient (Wildman–Crippen LogP) is 3.30. The molecule has 1 aromatic carbocycles. The van der Waals surface area contributed by atoms with Crippen molar-refractivity contribution in [1.82, 2.24) is 9.55 Å². The SMILES string of the molecule is Cc1nccn1-c1ccc(C(C)C)cc1. The molecule has 2 heteroatoms. The molecule has 2 aromatic rings. The van der Waals surface area contributed by atoms with Gasteiger partial charge in [-0.05, 0) is 30.5 Å². The van der Waals surface area contributed by atoms with Gasteiger partial charge in [0.25, 0.3) is 0 Å². The quantitative estimate of drug-likeness (QED) is 0.727. The molecule has 0 aliphatic carbocycles. The number of nitrogens with zero attached hydrogens (tertiary/aromatic N) is 2. The Morgan fingerprint density at radius 2 is 1.80 bits per heavy atom. The van der Waals surface area contributed by atoms with Crippen LogP contribution in [-0.2, 0) is 0 Å². The molecule has 1 heterocycles. The minimum Gasteiger partial charge on any atom is -0.304 e. The van der Waals surface area contributed by atoms with Crippen molar-refractivity contribution in [2.45, 2.75) is 26.7 Å². The zero-order valence-electron chi connectivity index (χ0n) is 9.44. The van der Waals surface area contributed by atoms with Crippen molar-refractivity contribution in [2.24, 2.45) is 0 Å². The zero-order valence-corrected chi connectivity index (χ0v) is 9.44. The van der Waals surface area contributed by atoms with E-state index in [1.165, 1.54) is 11.3 Å². The van der Waals surface area contributed by atoms with Crippen molar-refractivity contribution in [2.75, 3.05) is 0 Å². The zero-order chi connectivity index (χ0) is 10.8. The van der Waals surface area contributed by atoms with Crippen LogP contribution in [0.4, 0.5) is 0 Å². The molecular weight excluding hydrogens is 184 g/mol. The molecule has 0 unspecified atom stereocenters. The van der Waals surface area contributed by atoms with Gasteiger partial charge in [0, 0.05) is 18.1 Å². The minimum absolute atomic E-state index is 0.586. The van der Waals surface area contributed by atoms with Gasteiger partial charge >= 0.3 is 0 Å². The Hall–Kier alpha value is -1.57. The Balaban J connectivity index is 2.36. The van der Waals surface area contributed by atoms with Gasteiger partial charge in [-0.25, -0.2) is 4.98 Å². The molecule has 2 nitrogen and oxygen atoms in total. The van der Waals surface area contributed by atoms with Crippen molar-refractivity contribution in [3.05, 3.63) is 48.0 Å². The fourth-order valence-corrected chi connectivity index (χ4v) is 1.67. The highest BCUT2D eigenvalue weighted by atomic mass is 15.1. The van der Waals surface area contributed by atoms with E-state index in [0.29, 0.717) is 5.92 Å². The Bertz CT molecular complexity index is 438. The average molecular weight is 200 g/mol. The predicted molar refractivity (Wildman–Crippen MR) is 62.4 cm³/mol. The summed E-state index contributed by atoms with van der Waals surface area (Å²) in [5, 5.41) is 0. The van der Waals surface area contributed by atoms with Gasteiger partial charge in [-0.2, -0.15) is 0 Å². The first-order valence-corrected chi connectivity index (χ1v) is 5.29. The summed E-state index contributed by atoms with van der Waals surface area (Å²) in [5.41, 5.74) is 2.55. The first-order chi connectivity index (χ1) is 7.18. The number of benzene rings is 1. The third-order valence-corrected chi connectivity index (χ3v) is 2.66. The monoisotopic (exact) mass is 200 g/mol. The maximum absolute atomic E-state index is 4.21. The van der Waals surface area contributed by atoms with Crippen LogP contribution in [0.3, 0.4) is 0 Å². The average Bonchev–Trinajstić information content (AvgIpc) is 2.65. The molecule has 0 bridgehead atoms. The summed E-state index contributed by atoms with van der Waals surface area (Å²) in [6.45, 7) is 6.42. The lowest BCUT2D eigenvalue weighted by Gasteiger charge is -2.08. The second-order valence-corrected chi connectivity index (χ2v) is 4.09. The van der Waals surface area contributed by atoms with Gasteiger partial charge in [0.05, 0.1) is 0 Å². The maximum Gasteiger partial charge on any atom is 0.110 e. The molecule has 0 fully saturated rings. The maximum atomic E-state index is 4.21. The highest BCUT2D eigenvalue weighted by molar-refractivity contribution is 5.36. The summed E-state index contributed by atoms with van der Waals surface area (Å²) in [6.07, 6.45) is 3.81. The normalized spacial score (nSPS) is 10.9. The molecule has 1 aromatic heterocycles. The van der Waals surface area contributed by atoms with E-state index in [1.54, 1.807) is 0 Å². The van der Waals surface area contributed by atoms with Gasteiger partial charge in [0.2, 0.25) is 0 Å². The van der Waals surface area contributed by atoms with Crippen LogP contribution in [0.1, 0.15) is 31.2 Å². The van der Waals surface area contributed by atoms with E-state index in [1.807, 2.05) is 19.3 Å². The molecule has 0 atom stereocenters. The standard InChI is InChI=1S/C13H16N2/c1-10(2)12-4-6-13(7-5-12)15-9-8-14-11(15)3/h4-10H,1-3H3. The van der Waals surface area contributed by atoms with Crippen molar-refractivity contribution in [3.63, 3.8) is 0 Å². The smallest absolute Gasteiger partial charge is 0.110 e. The van der Waals surface area contributed by atoms with Crippen molar-refractivity contribution in [3.8, 4) is 5.69 Å². The molecule has 2 rings (SSSR count). The largest absolute Gasteiger partial charge is 0.304 e. The molecule has 0 spiro atoms. The molecule has 0 N–H and O–H groups in total. The molecule has 0 radical (unpaired) electrons. The van der Waals surface area contributed by atoms with Gasteiger partial charge in [-0.15, -0.1) is 0 Å². The number of aryl methyl sites for hydroxylation is 1. The van der Waals surface area contributed by atoms with Gasteiger partial charge < -0.3 is 4.57 Å². The number of rotatable bonds is 2. The van der Waals surface area contributed by atoms with Crippen LogP contribution in [0, 0.1) is 6.92 Å². The van der Waals surface area contributed by atoms with Crippen molar-refractivity contribution >= 4 is 0 Å². The molecule has 0 saturated carbocycles. The van der Waals surface area contributed by atoms with Gasteiger partial charge in [0.1, 0.15) is 5.82 Å². The summed E-state index contributed by atoms with van der Waals surface area (Å²) >= 11 is 0. The summed E-state index contributed by atoms with van der Waals surface area (Å²) in [6, 6.07) is 8.65. The van der Waals surface area contributed by atoms with E-state index in [4.69, 9.17) is 0 Å². The van der Waals surface area contributed by atoms with Crippen LogP contribution in [0.15, 0.2) is 36.7 Å². The van der Waals surface area contributed by atoms with Crippen molar-refractivity contribution in [1.29, 1.82) is 0 Å². The summed E-state index contributed by atoms with van der Waals surface area (Å²) < 4.78 is 2.09. The lowest BCUT2D eigenvalue weighted by molar-refractivity contribution is 0.864. The van der Waals surface area contributed by atoms with Crippen LogP contribution in [0.25, 0.3) is 5.69 Å². The number of imidazole rings is 1. The highest BCUT2D eigenvalue weighted by Crippen LogP contribution is 2.17. The second-order valence-electron chi connectivity index (χ2n) is 4.09. The Kier molecular flexibility index (Phi) is 2.58. The molecule has 0 amide bonds. The van der Waals surface area contributed by atoms with E-state index in [-0.39, 0.29) is 0 Å². The minimum atomic E-state index is 0.586. The van der Waals surface area contributed by atoms with Crippen LogP contribution in [0.2, 0.25) is 0 Å². The lowest BCUT2D eigenvalue weighted by Crippen LogP contribution is -1.96. The van der Waals surface area contributed by atoms with E-state index in [9.17, 15) is 0 Å². The molecule has 0 aliphatic rings. The molecule has 15 heavy (non-hydrogen) atoms. The van der Waals surface area contributed by atoms with Crippen molar-refractivity contribution < 1.29 is 0 Å². The number of hydrogen-bond acceptors (Lipinski definition) is 1. The number of hydrogen-bond donors (Lipinski definition) is 0. The molecule has 0 saturated heterocycles. The van der Waals surface area contributed by atoms with Gasteiger partial charge in [-0.1, -0.05) is 26.0 Å². The lowest BCUT2D eigenvalue weighted by atomic mass is 10.0. The summed E-state index contributed by atoms with van der Waals surface area (Å²) in [5.74, 6) is 1.61. The Labute approximate surface area is 90.6 Å². The van der Waals surface area contributed by atoms with E-state index in [2.05, 4.69) is 47.7 Å². The van der Waals surface area contributed by atoms with E-state index in [0.717, 1.165) is 5.82 Å². The fraction of sp³-hybridized carbons (Fsp3) is 0.308. The Morgan fingerprint density at radius 3 is 2.27 bits per heavy atom. The van der Waals surface area contributed by atoms with E-state index >= 15 is 0 Å². The topological polar surface area (TPSA) is 17.8 Å². The van der Waals surface area contributed by atoms with Crippen LogP contribution in [-0.4, -0.2) is 9.55 Å². The third-order valence-electron chi connectivity index (χ3n) is 2.66. The number of aromatic nitrogens is 2. The van der Waals surface area contributed by atoms with Gasteiger partial charge in [0.15, 0.2) is 0 Å². The first kappa shape index (κ1) is 9.97. The molecule has 0 aliphatic heterocycles. The second kappa shape index (κ2) is 3.89. The molecular formula is C13H16N2. The summed E-state index contributed by atoms with van der Waals surface area (Å²) in [7, 11) is 0. The van der Waals surface area contributed by atoms with Gasteiger partial charge in [-0.3, -0.25) is 0 Å². The van der Waals surface area contributed by atoms with Crippen LogP contribution >= 0.6 is 0 Å².